The van der Waals surface area contributed by atoms with Crippen molar-refractivity contribution < 1.29 is 35.4 Å². The van der Waals surface area contributed by atoms with Crippen LogP contribution in [-0.4, -0.2) is 43.9 Å². The van der Waals surface area contributed by atoms with Crippen molar-refractivity contribution >= 4 is 63.5 Å². The minimum atomic E-state index is -4.71. The molecule has 14 heteroatoms. The number of ether oxygens (including phenoxy) is 2. The molecule has 0 bridgehead atoms. The van der Waals surface area contributed by atoms with Crippen LogP contribution in [-0.2, 0) is 20.2 Å². The smallest absolute Gasteiger partial charge is 0.283 e. The SMILES string of the molecule is CCC(/C=C1\Oc2ccc(-c3ccc(Br)cc3)cc2N1CS(=O)(=O)O)=C\C1Oc2ccc(-c3ccc(Br)cc3)cc2N1CS(=O)(=O)[O-]. The Morgan fingerprint density at radius 3 is 1.87 bits per heavy atom. The lowest BCUT2D eigenvalue weighted by Gasteiger charge is -2.25. The highest BCUT2D eigenvalue weighted by Gasteiger charge is 2.33. The van der Waals surface area contributed by atoms with E-state index in [0.29, 0.717) is 34.9 Å². The Balaban J connectivity index is 1.36. The molecule has 0 aromatic heterocycles. The fourth-order valence-corrected chi connectivity index (χ4v) is 7.12. The summed E-state index contributed by atoms with van der Waals surface area (Å²) in [6, 6.07) is 25.9. The van der Waals surface area contributed by atoms with Gasteiger partial charge in [-0.15, -0.1) is 0 Å². The van der Waals surface area contributed by atoms with Crippen LogP contribution in [0.1, 0.15) is 13.3 Å². The fraction of sp³-hybridized carbons (Fsp3) is 0.152. The van der Waals surface area contributed by atoms with Crippen molar-refractivity contribution in [2.24, 2.45) is 0 Å². The number of hydrogen-bond donors (Lipinski definition) is 1. The molecule has 0 saturated carbocycles. The average Bonchev–Trinajstić information content (AvgIpc) is 3.51. The largest absolute Gasteiger partial charge is 0.747 e. The molecular formula is C33H27Br2N2O8S2-. The van der Waals surface area contributed by atoms with Gasteiger partial charge in [-0.3, -0.25) is 9.45 Å². The van der Waals surface area contributed by atoms with Gasteiger partial charge in [0, 0.05) is 15.0 Å². The molecule has 2 heterocycles. The van der Waals surface area contributed by atoms with Gasteiger partial charge in [0.2, 0.25) is 5.88 Å². The van der Waals surface area contributed by atoms with Gasteiger partial charge in [0.25, 0.3) is 10.1 Å². The summed E-state index contributed by atoms with van der Waals surface area (Å²) in [5.74, 6) is -0.683. The van der Waals surface area contributed by atoms with Crippen LogP contribution in [0.5, 0.6) is 11.5 Å². The van der Waals surface area contributed by atoms with Crippen molar-refractivity contribution in [3.05, 3.63) is 117 Å². The second kappa shape index (κ2) is 13.1. The van der Waals surface area contributed by atoms with E-state index in [-0.39, 0.29) is 5.88 Å². The maximum Gasteiger partial charge on any atom is 0.283 e. The van der Waals surface area contributed by atoms with Crippen molar-refractivity contribution in [1.29, 1.82) is 0 Å². The molecule has 0 radical (unpaired) electrons. The normalized spacial score (nSPS) is 17.0. The highest BCUT2D eigenvalue weighted by atomic mass is 79.9. The highest BCUT2D eigenvalue weighted by molar-refractivity contribution is 9.10. The molecule has 4 aromatic rings. The summed E-state index contributed by atoms with van der Waals surface area (Å²) in [5.41, 5.74) is 4.86. The van der Waals surface area contributed by atoms with E-state index < -0.39 is 38.2 Å². The Hall–Kier alpha value is -3.66. The standard InChI is InChI=1S/C33H28Br2N2O8S2/c1-2-21(15-32-36(19-46(38,39)40)28-17-24(7-13-30(28)44-32)22-3-9-26(34)10-4-22)16-33-37(20-47(41,42)43)29-18-25(8-14-31(29)45-33)23-5-11-27(35)12-6-23/h3-18,32H,2,19-20H2,1H3,(H,38,39,40)(H,41,42,43)/p-1/b21-15+,33-16-. The van der Waals surface area contributed by atoms with Crippen LogP contribution in [0.25, 0.3) is 22.3 Å². The third-order valence-corrected chi connectivity index (χ3v) is 9.81. The molecule has 0 saturated heterocycles. The van der Waals surface area contributed by atoms with Crippen LogP contribution >= 0.6 is 31.9 Å². The van der Waals surface area contributed by atoms with E-state index in [1.807, 2.05) is 67.6 Å². The second-order valence-electron chi connectivity index (χ2n) is 10.9. The molecule has 0 amide bonds. The molecule has 4 aromatic carbocycles. The van der Waals surface area contributed by atoms with E-state index in [1.165, 1.54) is 9.80 Å². The molecule has 47 heavy (non-hydrogen) atoms. The first-order chi connectivity index (χ1) is 22.3. The van der Waals surface area contributed by atoms with Crippen molar-refractivity contribution in [1.82, 2.24) is 0 Å². The summed E-state index contributed by atoms with van der Waals surface area (Å²) in [6.45, 7) is 1.85. The van der Waals surface area contributed by atoms with Crippen molar-refractivity contribution in [2.45, 2.75) is 19.6 Å². The van der Waals surface area contributed by atoms with Gasteiger partial charge < -0.3 is 18.9 Å². The molecule has 0 fully saturated rings. The number of halogens is 2. The number of benzene rings is 4. The molecule has 2 aliphatic rings. The monoisotopic (exact) mass is 801 g/mol. The van der Waals surface area contributed by atoms with Crippen LogP contribution in [0.3, 0.4) is 0 Å². The Morgan fingerprint density at radius 1 is 0.809 bits per heavy atom. The van der Waals surface area contributed by atoms with Crippen LogP contribution in [0.4, 0.5) is 11.4 Å². The molecular weight excluding hydrogens is 776 g/mol. The van der Waals surface area contributed by atoms with Crippen LogP contribution < -0.4 is 19.3 Å². The van der Waals surface area contributed by atoms with Crippen LogP contribution in [0, 0.1) is 0 Å². The van der Waals surface area contributed by atoms with E-state index in [4.69, 9.17) is 9.47 Å². The van der Waals surface area contributed by atoms with Gasteiger partial charge in [-0.05, 0) is 88.9 Å². The predicted octanol–water partition coefficient (Wildman–Crippen LogP) is 7.50. The van der Waals surface area contributed by atoms with Crippen molar-refractivity contribution in [3.63, 3.8) is 0 Å². The summed E-state index contributed by atoms with van der Waals surface area (Å²) >= 11 is 6.85. The van der Waals surface area contributed by atoms with Crippen LogP contribution in [0.15, 0.2) is 117 Å². The molecule has 0 aliphatic carbocycles. The summed E-state index contributed by atoms with van der Waals surface area (Å²) in [7, 11) is -9.19. The van der Waals surface area contributed by atoms with E-state index in [9.17, 15) is 25.9 Å². The minimum absolute atomic E-state index is 0.134. The molecule has 1 unspecified atom stereocenters. The third kappa shape index (κ3) is 7.74. The predicted molar refractivity (Wildman–Crippen MR) is 187 cm³/mol. The third-order valence-electron chi connectivity index (χ3n) is 7.57. The summed E-state index contributed by atoms with van der Waals surface area (Å²) in [6.07, 6.45) is 2.70. The first kappa shape index (κ1) is 33.2. The maximum absolute atomic E-state index is 12.1. The Kier molecular flexibility index (Phi) is 9.26. The number of nitrogens with zero attached hydrogens (tertiary/aromatic N) is 2. The summed E-state index contributed by atoms with van der Waals surface area (Å²) in [5, 5.41) is 0. The fourth-order valence-electron chi connectivity index (χ4n) is 5.37. The van der Waals surface area contributed by atoms with E-state index >= 15 is 0 Å². The Labute approximate surface area is 289 Å². The molecule has 1 atom stereocenters. The van der Waals surface area contributed by atoms with E-state index in [2.05, 4.69) is 31.9 Å². The quantitative estimate of drug-likeness (QED) is 0.170. The van der Waals surface area contributed by atoms with Gasteiger partial charge in [-0.2, -0.15) is 8.42 Å². The first-order valence-corrected chi connectivity index (χ1v) is 19.0. The van der Waals surface area contributed by atoms with Crippen molar-refractivity contribution in [2.75, 3.05) is 21.6 Å². The minimum Gasteiger partial charge on any atom is -0.747 e. The number of fused-ring (bicyclic) bond motifs is 2. The number of rotatable bonds is 9. The molecule has 1 N–H and O–H groups in total. The zero-order valence-corrected chi connectivity index (χ0v) is 29.5. The molecule has 2 aliphatic heterocycles. The van der Waals surface area contributed by atoms with E-state index in [0.717, 1.165) is 31.2 Å². The van der Waals surface area contributed by atoms with Gasteiger partial charge in [-0.25, -0.2) is 8.42 Å². The second-order valence-corrected chi connectivity index (χ2v) is 15.5. The molecule has 244 valence electrons. The number of anilines is 2. The molecule has 0 spiro atoms. The lowest BCUT2D eigenvalue weighted by Crippen LogP contribution is -2.37. The van der Waals surface area contributed by atoms with Gasteiger partial charge in [-0.1, -0.05) is 75.2 Å². The lowest BCUT2D eigenvalue weighted by molar-refractivity contribution is 0.275. The zero-order valence-electron chi connectivity index (χ0n) is 24.7. The number of allylic oxidation sites excluding steroid dienone is 2. The summed E-state index contributed by atoms with van der Waals surface area (Å²) < 4.78 is 84.1. The van der Waals surface area contributed by atoms with E-state index in [1.54, 1.807) is 36.4 Å². The topological polar surface area (TPSA) is 137 Å². The Morgan fingerprint density at radius 2 is 1.34 bits per heavy atom. The Bertz CT molecular complexity index is 2120. The van der Waals surface area contributed by atoms with Gasteiger partial charge in [0.1, 0.15) is 21.7 Å². The summed E-state index contributed by atoms with van der Waals surface area (Å²) in [4.78, 5) is 2.73. The van der Waals surface area contributed by atoms with Gasteiger partial charge in [0.15, 0.2) is 17.9 Å². The van der Waals surface area contributed by atoms with Gasteiger partial charge >= 0.3 is 0 Å². The van der Waals surface area contributed by atoms with Crippen molar-refractivity contribution in [3.8, 4) is 33.8 Å². The molecule has 10 nitrogen and oxygen atoms in total. The zero-order chi connectivity index (χ0) is 33.5. The number of hydrogen-bond acceptors (Lipinski definition) is 9. The van der Waals surface area contributed by atoms with Crippen LogP contribution in [0.2, 0.25) is 0 Å². The molecule has 6 rings (SSSR count). The van der Waals surface area contributed by atoms with Gasteiger partial charge in [0.05, 0.1) is 11.4 Å². The maximum atomic E-state index is 12.1. The first-order valence-electron chi connectivity index (χ1n) is 14.3. The lowest BCUT2D eigenvalue weighted by atomic mass is 10.0. The highest BCUT2D eigenvalue weighted by Crippen LogP contribution is 2.44. The average molecular weight is 804 g/mol.